The second-order valence-electron chi connectivity index (χ2n) is 7.90. The van der Waals surface area contributed by atoms with Crippen LogP contribution in [-0.4, -0.2) is 31.5 Å². The van der Waals surface area contributed by atoms with Crippen LogP contribution in [0.25, 0.3) is 5.65 Å². The molecular weight excluding hydrogens is 390 g/mol. The average Bonchev–Trinajstić information content (AvgIpc) is 3.05. The maximum Gasteiger partial charge on any atom is 0.274 e. The van der Waals surface area contributed by atoms with Gasteiger partial charge in [-0.2, -0.15) is 9.61 Å². The molecule has 2 aromatic heterocycles. The minimum Gasteiger partial charge on any atom is -0.333 e. The van der Waals surface area contributed by atoms with Gasteiger partial charge in [0.05, 0.1) is 17.8 Å². The van der Waals surface area contributed by atoms with E-state index in [-0.39, 0.29) is 23.6 Å². The zero-order valence-electron chi connectivity index (χ0n) is 17.9. The van der Waals surface area contributed by atoms with Crippen LogP contribution in [0.2, 0.25) is 0 Å². The van der Waals surface area contributed by atoms with E-state index in [1.54, 1.807) is 0 Å². The van der Waals surface area contributed by atoms with Gasteiger partial charge in [-0.15, -0.1) is 0 Å². The zero-order chi connectivity index (χ0) is 22.2. The largest absolute Gasteiger partial charge is 0.333 e. The van der Waals surface area contributed by atoms with E-state index in [4.69, 9.17) is 0 Å². The van der Waals surface area contributed by atoms with Crippen LogP contribution in [0.3, 0.4) is 0 Å². The highest BCUT2D eigenvalue weighted by molar-refractivity contribution is 5.94. The van der Waals surface area contributed by atoms with Crippen LogP contribution in [0.5, 0.6) is 0 Å². The van der Waals surface area contributed by atoms with Crippen molar-refractivity contribution in [3.63, 3.8) is 0 Å². The fraction of sp³-hybridized carbons (Fsp3) is 0.409. The molecule has 2 heterocycles. The lowest BCUT2D eigenvalue weighted by atomic mass is 10.1. The van der Waals surface area contributed by atoms with Crippen molar-refractivity contribution in [3.05, 3.63) is 68.8 Å². The van der Waals surface area contributed by atoms with E-state index in [2.05, 4.69) is 5.10 Å². The van der Waals surface area contributed by atoms with Gasteiger partial charge >= 0.3 is 0 Å². The molecule has 0 bridgehead atoms. The molecule has 0 N–H and O–H groups in total. The molecule has 3 rings (SSSR count). The van der Waals surface area contributed by atoms with E-state index in [0.29, 0.717) is 24.3 Å². The predicted octanol–water partition coefficient (Wildman–Crippen LogP) is 3.48. The SMILES string of the molecule is CCc1c(CN(CC(C)C)C(=O)c2cc(F)ccc2F)nn2c(=O)cc(C)n(C)c12. The number of nitrogens with zero attached hydrogens (tertiary/aromatic N) is 4. The minimum absolute atomic E-state index is 0.0936. The normalized spacial score (nSPS) is 11.5. The molecule has 0 aliphatic carbocycles. The molecule has 0 atom stereocenters. The van der Waals surface area contributed by atoms with Crippen molar-refractivity contribution in [2.75, 3.05) is 6.54 Å². The lowest BCUT2D eigenvalue weighted by molar-refractivity contribution is 0.0714. The average molecular weight is 416 g/mol. The Balaban J connectivity index is 2.10. The Morgan fingerprint density at radius 3 is 2.57 bits per heavy atom. The van der Waals surface area contributed by atoms with Crippen molar-refractivity contribution >= 4 is 11.6 Å². The highest BCUT2D eigenvalue weighted by Crippen LogP contribution is 2.21. The van der Waals surface area contributed by atoms with Gasteiger partial charge < -0.3 is 9.47 Å². The molecule has 0 saturated carbocycles. The standard InChI is InChI=1S/C22H26F2N4O2/c1-6-16-19(25-28-20(29)9-14(4)26(5)21(16)28)12-27(11-13(2)3)22(30)17-10-15(23)7-8-18(17)24/h7-10,13H,6,11-12H2,1-5H3. The van der Waals surface area contributed by atoms with Crippen molar-refractivity contribution in [1.82, 2.24) is 19.1 Å². The Kier molecular flexibility index (Phi) is 6.05. The minimum atomic E-state index is -0.773. The first-order valence-corrected chi connectivity index (χ1v) is 9.95. The Hall–Kier alpha value is -3.03. The molecule has 3 aromatic rings. The smallest absolute Gasteiger partial charge is 0.274 e. The molecule has 0 saturated heterocycles. The van der Waals surface area contributed by atoms with E-state index < -0.39 is 17.5 Å². The number of aromatic nitrogens is 3. The molecule has 0 aliphatic heterocycles. The first-order chi connectivity index (χ1) is 14.1. The van der Waals surface area contributed by atoms with Gasteiger partial charge in [0.15, 0.2) is 0 Å². The lowest BCUT2D eigenvalue weighted by Crippen LogP contribution is -2.35. The summed E-state index contributed by atoms with van der Waals surface area (Å²) in [4.78, 5) is 27.0. The number of halogens is 2. The summed E-state index contributed by atoms with van der Waals surface area (Å²) in [6.45, 7) is 8.10. The highest BCUT2D eigenvalue weighted by Gasteiger charge is 2.25. The molecule has 30 heavy (non-hydrogen) atoms. The zero-order valence-corrected chi connectivity index (χ0v) is 17.9. The van der Waals surface area contributed by atoms with Gasteiger partial charge in [0.2, 0.25) is 0 Å². The summed E-state index contributed by atoms with van der Waals surface area (Å²) in [5.41, 5.74) is 2.32. The second kappa shape index (κ2) is 8.38. The summed E-state index contributed by atoms with van der Waals surface area (Å²) in [5, 5.41) is 4.47. The maximum absolute atomic E-state index is 14.2. The third-order valence-electron chi connectivity index (χ3n) is 5.15. The van der Waals surface area contributed by atoms with Gasteiger partial charge in [-0.05, 0) is 37.5 Å². The molecule has 160 valence electrons. The third kappa shape index (κ3) is 3.99. The van der Waals surface area contributed by atoms with Crippen LogP contribution in [0.1, 0.15) is 48.1 Å². The van der Waals surface area contributed by atoms with Gasteiger partial charge in [-0.3, -0.25) is 9.59 Å². The first-order valence-electron chi connectivity index (χ1n) is 9.95. The molecule has 0 spiro atoms. The molecule has 1 amide bonds. The van der Waals surface area contributed by atoms with Crippen molar-refractivity contribution in [2.45, 2.75) is 40.7 Å². The Morgan fingerprint density at radius 2 is 1.93 bits per heavy atom. The summed E-state index contributed by atoms with van der Waals surface area (Å²) < 4.78 is 31.1. The summed E-state index contributed by atoms with van der Waals surface area (Å²) >= 11 is 0. The Bertz CT molecular complexity index is 1160. The molecule has 8 heteroatoms. The van der Waals surface area contributed by atoms with E-state index in [1.807, 2.05) is 39.3 Å². The number of carbonyl (C=O) groups is 1. The number of rotatable bonds is 6. The van der Waals surface area contributed by atoms with Crippen LogP contribution >= 0.6 is 0 Å². The number of aryl methyl sites for hydroxylation is 3. The van der Waals surface area contributed by atoms with E-state index in [0.717, 1.165) is 29.5 Å². The molecule has 0 fully saturated rings. The monoisotopic (exact) mass is 416 g/mol. The quantitative estimate of drug-likeness (QED) is 0.618. The van der Waals surface area contributed by atoms with Crippen molar-refractivity contribution < 1.29 is 13.6 Å². The van der Waals surface area contributed by atoms with Gasteiger partial charge in [0.25, 0.3) is 11.5 Å². The predicted molar refractivity (Wildman–Crippen MR) is 110 cm³/mol. The number of amides is 1. The van der Waals surface area contributed by atoms with Crippen LogP contribution in [0, 0.1) is 24.5 Å². The van der Waals surface area contributed by atoms with Gasteiger partial charge in [-0.1, -0.05) is 20.8 Å². The third-order valence-corrected chi connectivity index (χ3v) is 5.15. The van der Waals surface area contributed by atoms with Crippen LogP contribution < -0.4 is 5.56 Å². The Labute approximate surface area is 173 Å². The van der Waals surface area contributed by atoms with Crippen LogP contribution in [0.4, 0.5) is 8.78 Å². The number of carbonyl (C=O) groups excluding carboxylic acids is 1. The fourth-order valence-electron chi connectivity index (χ4n) is 3.65. The first kappa shape index (κ1) is 21.7. The maximum atomic E-state index is 14.2. The summed E-state index contributed by atoms with van der Waals surface area (Å²) in [6.07, 6.45) is 0.605. The number of benzene rings is 1. The van der Waals surface area contributed by atoms with Crippen molar-refractivity contribution in [2.24, 2.45) is 13.0 Å². The highest BCUT2D eigenvalue weighted by atomic mass is 19.1. The van der Waals surface area contributed by atoms with E-state index in [9.17, 15) is 18.4 Å². The van der Waals surface area contributed by atoms with Crippen LogP contribution in [-0.2, 0) is 20.0 Å². The summed E-state index contributed by atoms with van der Waals surface area (Å²) in [7, 11) is 1.86. The van der Waals surface area contributed by atoms with Crippen molar-refractivity contribution in [1.29, 1.82) is 0 Å². The molecule has 6 nitrogen and oxygen atoms in total. The molecule has 0 radical (unpaired) electrons. The van der Waals surface area contributed by atoms with Gasteiger partial charge in [-0.25, -0.2) is 8.78 Å². The van der Waals surface area contributed by atoms with Gasteiger partial charge in [0.1, 0.15) is 17.3 Å². The lowest BCUT2D eigenvalue weighted by Gasteiger charge is -2.24. The summed E-state index contributed by atoms with van der Waals surface area (Å²) in [6, 6.07) is 4.34. The molecular formula is C22H26F2N4O2. The fourth-order valence-corrected chi connectivity index (χ4v) is 3.65. The molecule has 0 aliphatic rings. The molecule has 1 aromatic carbocycles. The summed E-state index contributed by atoms with van der Waals surface area (Å²) in [5.74, 6) is -1.96. The van der Waals surface area contributed by atoms with Gasteiger partial charge in [0, 0.05) is 30.9 Å². The van der Waals surface area contributed by atoms with E-state index >= 15 is 0 Å². The topological polar surface area (TPSA) is 59.6 Å². The van der Waals surface area contributed by atoms with Crippen molar-refractivity contribution in [3.8, 4) is 0 Å². The number of hydrogen-bond donors (Lipinski definition) is 0. The Morgan fingerprint density at radius 1 is 1.23 bits per heavy atom. The number of hydrogen-bond acceptors (Lipinski definition) is 3. The number of fused-ring (bicyclic) bond motifs is 1. The second-order valence-corrected chi connectivity index (χ2v) is 7.90. The van der Waals surface area contributed by atoms with Crippen LogP contribution in [0.15, 0.2) is 29.1 Å². The van der Waals surface area contributed by atoms with E-state index in [1.165, 1.54) is 15.5 Å². The molecule has 0 unspecified atom stereocenters.